The molecule has 106 valence electrons. The number of amides is 1. The lowest BCUT2D eigenvalue weighted by Crippen LogP contribution is -2.34. The highest BCUT2D eigenvalue weighted by atomic mass is 16.4. The van der Waals surface area contributed by atoms with Gasteiger partial charge in [-0.3, -0.25) is 9.59 Å². The molecule has 5 nitrogen and oxygen atoms in total. The van der Waals surface area contributed by atoms with Crippen molar-refractivity contribution < 1.29 is 19.8 Å². The monoisotopic (exact) mass is 275 g/mol. The van der Waals surface area contributed by atoms with Gasteiger partial charge in [-0.1, -0.05) is 12.1 Å². The summed E-state index contributed by atoms with van der Waals surface area (Å²) >= 11 is 0. The number of carbonyl (C=O) groups is 2. The Morgan fingerprint density at radius 2 is 2.00 bits per heavy atom. The number of phenolic OH excluding ortho intramolecular Hbond substituents is 1. The molecule has 1 amide bonds. The molecule has 0 aromatic heterocycles. The van der Waals surface area contributed by atoms with E-state index < -0.39 is 11.9 Å². The van der Waals surface area contributed by atoms with Crippen molar-refractivity contribution in [2.75, 3.05) is 0 Å². The lowest BCUT2D eigenvalue weighted by Gasteiger charge is -2.22. The predicted molar refractivity (Wildman–Crippen MR) is 70.9 cm³/mol. The van der Waals surface area contributed by atoms with E-state index >= 15 is 0 Å². The van der Waals surface area contributed by atoms with Gasteiger partial charge in [0.25, 0.3) is 0 Å². The summed E-state index contributed by atoms with van der Waals surface area (Å²) in [6, 6.07) is 7.08. The van der Waals surface area contributed by atoms with E-state index in [0.29, 0.717) is 13.0 Å². The van der Waals surface area contributed by atoms with Gasteiger partial charge in [0.1, 0.15) is 5.75 Å². The fourth-order valence-corrected chi connectivity index (χ4v) is 2.58. The highest BCUT2D eigenvalue weighted by molar-refractivity contribution is 5.89. The normalized spacial score (nSPS) is 24.2. The van der Waals surface area contributed by atoms with E-state index in [9.17, 15) is 14.7 Å². The first-order valence-corrected chi connectivity index (χ1v) is 6.87. The molecule has 0 spiro atoms. The minimum atomic E-state index is -0.878. The molecule has 2 atom stereocenters. The SMILES string of the molecule is O=C(O)[C@H]1C[C@H]1C(=O)N(Cc1cccc(O)c1)C1CC1. The van der Waals surface area contributed by atoms with Crippen molar-refractivity contribution in [3.8, 4) is 5.75 Å². The predicted octanol–water partition coefficient (Wildman–Crippen LogP) is 1.60. The Morgan fingerprint density at radius 1 is 1.25 bits per heavy atom. The number of rotatable bonds is 5. The number of hydrogen-bond donors (Lipinski definition) is 2. The summed E-state index contributed by atoms with van der Waals surface area (Å²) in [5.74, 6) is -1.61. The fraction of sp³-hybridized carbons (Fsp3) is 0.467. The van der Waals surface area contributed by atoms with Gasteiger partial charge in [0.15, 0.2) is 0 Å². The molecule has 3 rings (SSSR count). The third-order valence-electron chi connectivity index (χ3n) is 3.96. The first-order chi connectivity index (χ1) is 9.56. The maximum absolute atomic E-state index is 12.4. The van der Waals surface area contributed by atoms with Crippen LogP contribution in [0.3, 0.4) is 0 Å². The Labute approximate surface area is 116 Å². The van der Waals surface area contributed by atoms with Crippen LogP contribution in [0.15, 0.2) is 24.3 Å². The summed E-state index contributed by atoms with van der Waals surface area (Å²) in [6.07, 6.45) is 2.42. The van der Waals surface area contributed by atoms with Crippen LogP contribution in [0.4, 0.5) is 0 Å². The van der Waals surface area contributed by atoms with E-state index in [1.165, 1.54) is 0 Å². The summed E-state index contributed by atoms with van der Waals surface area (Å²) < 4.78 is 0. The van der Waals surface area contributed by atoms with Gasteiger partial charge in [-0.15, -0.1) is 0 Å². The van der Waals surface area contributed by atoms with E-state index in [1.54, 1.807) is 23.1 Å². The van der Waals surface area contributed by atoms with Gasteiger partial charge in [-0.2, -0.15) is 0 Å². The molecule has 0 unspecified atom stereocenters. The van der Waals surface area contributed by atoms with Crippen LogP contribution in [0.2, 0.25) is 0 Å². The smallest absolute Gasteiger partial charge is 0.307 e. The van der Waals surface area contributed by atoms with Crippen LogP contribution < -0.4 is 0 Å². The minimum absolute atomic E-state index is 0.0526. The Hall–Kier alpha value is -2.04. The zero-order valence-electron chi connectivity index (χ0n) is 11.0. The molecule has 2 aliphatic rings. The summed E-state index contributed by atoms with van der Waals surface area (Å²) in [7, 11) is 0. The lowest BCUT2D eigenvalue weighted by atomic mass is 10.2. The second-order valence-electron chi connectivity index (χ2n) is 5.65. The Morgan fingerprint density at radius 3 is 2.55 bits per heavy atom. The number of phenols is 1. The van der Waals surface area contributed by atoms with E-state index in [2.05, 4.69) is 0 Å². The highest BCUT2D eigenvalue weighted by Gasteiger charge is 2.51. The fourth-order valence-electron chi connectivity index (χ4n) is 2.58. The van der Waals surface area contributed by atoms with Gasteiger partial charge in [-0.05, 0) is 37.0 Å². The minimum Gasteiger partial charge on any atom is -0.508 e. The molecule has 20 heavy (non-hydrogen) atoms. The number of hydrogen-bond acceptors (Lipinski definition) is 3. The topological polar surface area (TPSA) is 77.8 Å². The van der Waals surface area contributed by atoms with Gasteiger partial charge in [0.05, 0.1) is 11.8 Å². The maximum atomic E-state index is 12.4. The first kappa shape index (κ1) is 13.0. The Bertz CT molecular complexity index is 553. The van der Waals surface area contributed by atoms with Gasteiger partial charge in [0.2, 0.25) is 5.91 Å². The molecule has 2 fully saturated rings. The molecule has 0 saturated heterocycles. The largest absolute Gasteiger partial charge is 0.508 e. The van der Waals surface area contributed by atoms with Crippen LogP contribution in [-0.2, 0) is 16.1 Å². The van der Waals surface area contributed by atoms with E-state index in [0.717, 1.165) is 18.4 Å². The van der Waals surface area contributed by atoms with Crippen LogP contribution in [0.1, 0.15) is 24.8 Å². The quantitative estimate of drug-likeness (QED) is 0.855. The number of carboxylic acids is 1. The molecule has 0 radical (unpaired) electrons. The molecule has 2 N–H and O–H groups in total. The van der Waals surface area contributed by atoms with Crippen molar-refractivity contribution in [2.24, 2.45) is 11.8 Å². The molecule has 0 bridgehead atoms. The average molecular weight is 275 g/mol. The van der Waals surface area contributed by atoms with Gasteiger partial charge >= 0.3 is 5.97 Å². The van der Waals surface area contributed by atoms with Crippen molar-refractivity contribution in [1.29, 1.82) is 0 Å². The van der Waals surface area contributed by atoms with Gasteiger partial charge < -0.3 is 15.1 Å². The van der Waals surface area contributed by atoms with Crippen LogP contribution in [0.5, 0.6) is 5.75 Å². The van der Waals surface area contributed by atoms with Crippen LogP contribution >= 0.6 is 0 Å². The highest BCUT2D eigenvalue weighted by Crippen LogP contribution is 2.42. The van der Waals surface area contributed by atoms with Crippen molar-refractivity contribution in [3.63, 3.8) is 0 Å². The van der Waals surface area contributed by atoms with Crippen molar-refractivity contribution in [2.45, 2.75) is 31.8 Å². The third-order valence-corrected chi connectivity index (χ3v) is 3.96. The molecular formula is C15H17NO4. The molecule has 1 aromatic rings. The first-order valence-electron chi connectivity index (χ1n) is 6.87. The standard InChI is InChI=1S/C15H17NO4/c17-11-3-1-2-9(6-11)8-16(10-4-5-10)14(18)12-7-13(12)15(19)20/h1-3,6,10,12-13,17H,4-5,7-8H2,(H,19,20)/t12-,13+/m1/s1. The molecule has 1 aromatic carbocycles. The zero-order chi connectivity index (χ0) is 14.3. The van der Waals surface area contributed by atoms with Gasteiger partial charge in [0, 0.05) is 12.6 Å². The van der Waals surface area contributed by atoms with Crippen LogP contribution in [0, 0.1) is 11.8 Å². The average Bonchev–Trinajstić information content (AvgIpc) is 3.28. The third kappa shape index (κ3) is 2.61. The summed E-state index contributed by atoms with van der Waals surface area (Å²) in [6.45, 7) is 0.445. The Kier molecular flexibility index (Phi) is 3.12. The van der Waals surface area contributed by atoms with Crippen molar-refractivity contribution >= 4 is 11.9 Å². The van der Waals surface area contributed by atoms with Crippen molar-refractivity contribution in [3.05, 3.63) is 29.8 Å². The summed E-state index contributed by atoms with van der Waals surface area (Å²) in [4.78, 5) is 25.1. The molecule has 2 saturated carbocycles. The molecular weight excluding hydrogens is 258 g/mol. The number of aliphatic carboxylic acids is 1. The van der Waals surface area contributed by atoms with E-state index in [4.69, 9.17) is 5.11 Å². The number of carboxylic acid groups (broad SMARTS) is 1. The van der Waals surface area contributed by atoms with E-state index in [-0.39, 0.29) is 23.6 Å². The van der Waals surface area contributed by atoms with Gasteiger partial charge in [-0.25, -0.2) is 0 Å². The number of aromatic hydroxyl groups is 1. The van der Waals surface area contributed by atoms with Crippen LogP contribution in [-0.4, -0.2) is 33.0 Å². The second kappa shape index (κ2) is 4.81. The number of nitrogens with zero attached hydrogens (tertiary/aromatic N) is 1. The van der Waals surface area contributed by atoms with E-state index in [1.807, 2.05) is 6.07 Å². The maximum Gasteiger partial charge on any atom is 0.307 e. The molecule has 2 aliphatic carbocycles. The molecule has 5 heteroatoms. The summed E-state index contributed by atoms with van der Waals surface area (Å²) in [5.41, 5.74) is 0.873. The lowest BCUT2D eigenvalue weighted by molar-refractivity contribution is -0.142. The number of carbonyl (C=O) groups excluding carboxylic acids is 1. The second-order valence-corrected chi connectivity index (χ2v) is 5.65. The van der Waals surface area contributed by atoms with Crippen molar-refractivity contribution in [1.82, 2.24) is 4.90 Å². The molecule has 0 heterocycles. The Balaban J connectivity index is 1.70. The van der Waals surface area contributed by atoms with Crippen LogP contribution in [0.25, 0.3) is 0 Å². The zero-order valence-corrected chi connectivity index (χ0v) is 11.0. The number of benzene rings is 1. The molecule has 0 aliphatic heterocycles. The summed E-state index contributed by atoms with van der Waals surface area (Å²) in [5, 5.41) is 18.4.